The van der Waals surface area contributed by atoms with Gasteiger partial charge in [-0.15, -0.1) is 0 Å². The third-order valence-electron chi connectivity index (χ3n) is 5.05. The van der Waals surface area contributed by atoms with Crippen molar-refractivity contribution in [3.63, 3.8) is 0 Å². The number of rotatable bonds is 5. The summed E-state index contributed by atoms with van der Waals surface area (Å²) >= 11 is 0. The monoisotopic (exact) mass is 316 g/mol. The Labute approximate surface area is 130 Å². The number of sulfone groups is 1. The predicted molar refractivity (Wildman–Crippen MR) is 88.4 cm³/mol. The van der Waals surface area contributed by atoms with Crippen LogP contribution in [-0.2, 0) is 9.84 Å². The van der Waals surface area contributed by atoms with Crippen LogP contribution in [0.15, 0.2) is 0 Å². The van der Waals surface area contributed by atoms with Crippen LogP contribution in [0.25, 0.3) is 0 Å². The van der Waals surface area contributed by atoms with Gasteiger partial charge in [0.1, 0.15) is 0 Å². The smallest absolute Gasteiger partial charge is 0.152 e. The summed E-state index contributed by atoms with van der Waals surface area (Å²) in [5.41, 5.74) is 0.349. The summed E-state index contributed by atoms with van der Waals surface area (Å²) in [6, 6.07) is 0.520. The molecule has 1 aliphatic heterocycles. The molecule has 2 aliphatic rings. The molecule has 0 aromatic rings. The van der Waals surface area contributed by atoms with Crippen LogP contribution in [0.4, 0.5) is 0 Å². The molecule has 1 saturated heterocycles. The maximum absolute atomic E-state index is 11.6. The van der Waals surface area contributed by atoms with Gasteiger partial charge in [-0.1, -0.05) is 39.5 Å². The van der Waals surface area contributed by atoms with Gasteiger partial charge in [-0.25, -0.2) is 8.42 Å². The normalized spacial score (nSPS) is 26.6. The van der Waals surface area contributed by atoms with Crippen molar-refractivity contribution in [2.45, 2.75) is 58.4 Å². The third-order valence-corrected chi connectivity index (χ3v) is 6.65. The summed E-state index contributed by atoms with van der Waals surface area (Å²) in [5, 5.41) is 3.64. The minimum Gasteiger partial charge on any atom is -0.314 e. The van der Waals surface area contributed by atoms with Crippen molar-refractivity contribution in [1.29, 1.82) is 0 Å². The fourth-order valence-electron chi connectivity index (χ4n) is 3.67. The van der Waals surface area contributed by atoms with Gasteiger partial charge in [0.15, 0.2) is 9.84 Å². The second kappa shape index (κ2) is 7.42. The highest BCUT2D eigenvalue weighted by atomic mass is 32.2. The van der Waals surface area contributed by atoms with Crippen molar-refractivity contribution in [1.82, 2.24) is 10.2 Å². The molecule has 1 N–H and O–H groups in total. The summed E-state index contributed by atoms with van der Waals surface area (Å²) in [6.07, 6.45) is 7.94. The van der Waals surface area contributed by atoms with Crippen LogP contribution < -0.4 is 5.32 Å². The lowest BCUT2D eigenvalue weighted by Crippen LogP contribution is -2.49. The molecular formula is C16H32N2O2S. The minimum atomic E-state index is -2.77. The minimum absolute atomic E-state index is 0.348. The lowest BCUT2D eigenvalue weighted by Gasteiger charge is -2.40. The van der Waals surface area contributed by atoms with E-state index in [0.29, 0.717) is 23.0 Å². The van der Waals surface area contributed by atoms with Gasteiger partial charge < -0.3 is 10.2 Å². The highest BCUT2D eigenvalue weighted by Crippen LogP contribution is 2.35. The third kappa shape index (κ3) is 5.53. The number of nitrogens with zero attached hydrogens (tertiary/aromatic N) is 1. The lowest BCUT2D eigenvalue weighted by molar-refractivity contribution is 0.131. The molecule has 0 aromatic carbocycles. The Bertz CT molecular complexity index is 398. The van der Waals surface area contributed by atoms with E-state index < -0.39 is 9.84 Å². The summed E-state index contributed by atoms with van der Waals surface area (Å²) in [6.45, 7) is 8.02. The van der Waals surface area contributed by atoms with E-state index in [9.17, 15) is 8.42 Å². The van der Waals surface area contributed by atoms with E-state index >= 15 is 0 Å². The lowest BCUT2D eigenvalue weighted by atomic mass is 9.79. The van der Waals surface area contributed by atoms with Crippen molar-refractivity contribution >= 4 is 9.84 Å². The molecule has 0 aromatic heterocycles. The zero-order chi connectivity index (χ0) is 15.3. The highest BCUT2D eigenvalue weighted by molar-refractivity contribution is 7.91. The second-order valence-electron chi connectivity index (χ2n) is 7.38. The number of nitrogens with one attached hydrogen (secondary N) is 1. The average Bonchev–Trinajstić information content (AvgIpc) is 2.65. The Morgan fingerprint density at radius 2 is 1.62 bits per heavy atom. The van der Waals surface area contributed by atoms with Gasteiger partial charge in [-0.2, -0.15) is 0 Å². The van der Waals surface area contributed by atoms with Crippen molar-refractivity contribution in [3.05, 3.63) is 0 Å². The van der Waals surface area contributed by atoms with Gasteiger partial charge in [0.05, 0.1) is 11.5 Å². The molecule has 1 heterocycles. The average molecular weight is 317 g/mol. The maximum Gasteiger partial charge on any atom is 0.152 e. The molecule has 124 valence electrons. The topological polar surface area (TPSA) is 49.4 Å². The summed E-state index contributed by atoms with van der Waals surface area (Å²) in [4.78, 5) is 2.40. The standard InChI is InChI=1S/C16H32N2O2S/c1-15(2)17-13-16(7-5-3-4-6-8-16)14-18-9-11-21(19,20)12-10-18/h15,17H,3-14H2,1-2H3. The predicted octanol–water partition coefficient (Wildman–Crippen LogP) is 2.06. The molecule has 0 amide bonds. The van der Waals surface area contributed by atoms with Crippen molar-refractivity contribution in [2.75, 3.05) is 37.7 Å². The van der Waals surface area contributed by atoms with Crippen LogP contribution in [0, 0.1) is 5.41 Å². The van der Waals surface area contributed by atoms with Gasteiger partial charge in [-0.05, 0) is 18.3 Å². The fourth-order valence-corrected chi connectivity index (χ4v) is 4.95. The highest BCUT2D eigenvalue weighted by Gasteiger charge is 2.34. The molecule has 21 heavy (non-hydrogen) atoms. The first kappa shape index (κ1) is 17.2. The molecule has 0 bridgehead atoms. The molecule has 0 atom stereocenters. The van der Waals surface area contributed by atoms with Crippen LogP contribution in [0.2, 0.25) is 0 Å². The Hall–Kier alpha value is -0.130. The molecule has 4 nitrogen and oxygen atoms in total. The molecular weight excluding hydrogens is 284 g/mol. The summed E-state index contributed by atoms with van der Waals surface area (Å²) < 4.78 is 23.2. The Balaban J connectivity index is 1.97. The van der Waals surface area contributed by atoms with E-state index in [-0.39, 0.29) is 0 Å². The Kier molecular flexibility index (Phi) is 6.09. The number of hydrogen-bond donors (Lipinski definition) is 1. The van der Waals surface area contributed by atoms with Crippen LogP contribution >= 0.6 is 0 Å². The maximum atomic E-state index is 11.6. The van der Waals surface area contributed by atoms with Crippen molar-refractivity contribution < 1.29 is 8.42 Å². The van der Waals surface area contributed by atoms with E-state index in [1.54, 1.807) is 0 Å². The zero-order valence-electron chi connectivity index (χ0n) is 13.7. The molecule has 2 rings (SSSR count). The van der Waals surface area contributed by atoms with Gasteiger partial charge in [0.2, 0.25) is 0 Å². The van der Waals surface area contributed by atoms with Crippen LogP contribution in [0.3, 0.4) is 0 Å². The largest absolute Gasteiger partial charge is 0.314 e. The molecule has 0 radical (unpaired) electrons. The Morgan fingerprint density at radius 3 is 2.14 bits per heavy atom. The first-order valence-electron chi connectivity index (χ1n) is 8.57. The molecule has 0 spiro atoms. The molecule has 2 fully saturated rings. The second-order valence-corrected chi connectivity index (χ2v) is 9.68. The van der Waals surface area contributed by atoms with Crippen LogP contribution in [0.5, 0.6) is 0 Å². The quantitative estimate of drug-likeness (QED) is 0.789. The van der Waals surface area contributed by atoms with Gasteiger partial charge in [-0.3, -0.25) is 0 Å². The first-order valence-corrected chi connectivity index (χ1v) is 10.4. The van der Waals surface area contributed by atoms with Crippen LogP contribution in [0.1, 0.15) is 52.4 Å². The summed E-state index contributed by atoms with van der Waals surface area (Å²) in [7, 11) is -2.77. The molecule has 1 aliphatic carbocycles. The van der Waals surface area contributed by atoms with Gasteiger partial charge in [0, 0.05) is 32.2 Å². The zero-order valence-corrected chi connectivity index (χ0v) is 14.6. The van der Waals surface area contributed by atoms with E-state index in [0.717, 1.165) is 26.2 Å². The van der Waals surface area contributed by atoms with E-state index in [1.807, 2.05) is 0 Å². The SMILES string of the molecule is CC(C)NCC1(CN2CCS(=O)(=O)CC2)CCCCCC1. The first-order chi connectivity index (χ1) is 9.91. The number of hydrogen-bond acceptors (Lipinski definition) is 4. The van der Waals surface area contributed by atoms with Gasteiger partial charge in [0.25, 0.3) is 0 Å². The van der Waals surface area contributed by atoms with Gasteiger partial charge >= 0.3 is 0 Å². The van der Waals surface area contributed by atoms with E-state index in [1.165, 1.54) is 38.5 Å². The Morgan fingerprint density at radius 1 is 1.05 bits per heavy atom. The van der Waals surface area contributed by atoms with E-state index in [2.05, 4.69) is 24.1 Å². The van der Waals surface area contributed by atoms with Crippen molar-refractivity contribution in [3.8, 4) is 0 Å². The van der Waals surface area contributed by atoms with E-state index in [4.69, 9.17) is 0 Å². The fraction of sp³-hybridized carbons (Fsp3) is 1.00. The molecule has 0 unspecified atom stereocenters. The molecule has 1 saturated carbocycles. The van der Waals surface area contributed by atoms with Crippen molar-refractivity contribution in [2.24, 2.45) is 5.41 Å². The van der Waals surface area contributed by atoms with Crippen LogP contribution in [-0.4, -0.2) is 57.0 Å². The molecule has 5 heteroatoms. The summed E-state index contributed by atoms with van der Waals surface area (Å²) in [5.74, 6) is 0.696.